The maximum atomic E-state index is 11.4. The van der Waals surface area contributed by atoms with Gasteiger partial charge in [0.2, 0.25) is 4.38 Å². The van der Waals surface area contributed by atoms with Gasteiger partial charge in [0.15, 0.2) is 0 Å². The molecule has 0 aromatic heterocycles. The molecule has 160 valence electrons. The molecule has 2 unspecified atom stereocenters. The third-order valence-corrected chi connectivity index (χ3v) is 6.41. The van der Waals surface area contributed by atoms with Crippen LogP contribution >= 0.6 is 24.0 Å². The second-order valence-corrected chi connectivity index (χ2v) is 9.38. The third-order valence-electron chi connectivity index (χ3n) is 5.04. The highest BCUT2D eigenvalue weighted by molar-refractivity contribution is 8.23. The van der Waals surface area contributed by atoms with Gasteiger partial charge >= 0.3 is 11.9 Å². The second-order valence-electron chi connectivity index (χ2n) is 7.48. The molecule has 0 spiro atoms. The van der Waals surface area contributed by atoms with E-state index in [4.69, 9.17) is 26.4 Å². The summed E-state index contributed by atoms with van der Waals surface area (Å²) in [7, 11) is 0. The zero-order valence-electron chi connectivity index (χ0n) is 17.3. The van der Waals surface area contributed by atoms with Gasteiger partial charge in [-0.2, -0.15) is 0 Å². The van der Waals surface area contributed by atoms with Gasteiger partial charge in [0.1, 0.15) is 6.61 Å². The van der Waals surface area contributed by atoms with E-state index in [0.29, 0.717) is 24.0 Å². The van der Waals surface area contributed by atoms with Crippen LogP contribution in [0.25, 0.3) is 0 Å². The van der Waals surface area contributed by atoms with E-state index in [0.717, 1.165) is 19.3 Å². The van der Waals surface area contributed by atoms with Gasteiger partial charge in [0.25, 0.3) is 0 Å². The fourth-order valence-corrected chi connectivity index (χ4v) is 5.06. The Morgan fingerprint density at radius 2 is 1.69 bits per heavy atom. The Labute approximate surface area is 182 Å². The molecule has 2 rings (SSSR count). The quantitative estimate of drug-likeness (QED) is 0.368. The van der Waals surface area contributed by atoms with Crippen molar-refractivity contribution in [3.8, 4) is 0 Å². The molecule has 0 amide bonds. The second kappa shape index (κ2) is 11.6. The predicted molar refractivity (Wildman–Crippen MR) is 119 cm³/mol. The number of thioether (sulfide) groups is 1. The number of rotatable bonds is 11. The maximum absolute atomic E-state index is 11.4. The summed E-state index contributed by atoms with van der Waals surface area (Å²) >= 11 is 6.69. The molecular weight excluding hydrogens is 408 g/mol. The molecule has 0 aliphatic heterocycles. The number of carbonyl (C=O) groups is 2. The van der Waals surface area contributed by atoms with Crippen LogP contribution in [0.1, 0.15) is 52.0 Å². The van der Waals surface area contributed by atoms with E-state index >= 15 is 0 Å². The van der Waals surface area contributed by atoms with Crippen molar-refractivity contribution in [3.05, 3.63) is 35.9 Å². The molecule has 0 heterocycles. The van der Waals surface area contributed by atoms with Gasteiger partial charge in [-0.05, 0) is 61.7 Å². The molecule has 1 aromatic carbocycles. The lowest BCUT2D eigenvalue weighted by Gasteiger charge is -2.27. The number of esters is 2. The topological polar surface area (TPSA) is 61.8 Å². The van der Waals surface area contributed by atoms with E-state index in [1.54, 1.807) is 0 Å². The Morgan fingerprint density at radius 1 is 1.07 bits per heavy atom. The Balaban J connectivity index is 2.09. The van der Waals surface area contributed by atoms with E-state index in [1.807, 2.05) is 13.0 Å². The molecule has 1 saturated carbocycles. The minimum Gasteiger partial charge on any atom is -0.479 e. The van der Waals surface area contributed by atoms with Crippen LogP contribution in [-0.2, 0) is 29.2 Å². The molecular formula is C22H30O5S2. The first-order chi connectivity index (χ1) is 13.8. The Bertz CT molecular complexity index is 688. The summed E-state index contributed by atoms with van der Waals surface area (Å²) in [5.41, 5.74) is 1.48. The van der Waals surface area contributed by atoms with Gasteiger partial charge in [0, 0.05) is 19.1 Å². The summed E-state index contributed by atoms with van der Waals surface area (Å²) in [6.45, 7) is 5.81. The van der Waals surface area contributed by atoms with Crippen LogP contribution < -0.4 is 0 Å². The Kier molecular flexibility index (Phi) is 9.43. The molecule has 0 saturated heterocycles. The Morgan fingerprint density at radius 3 is 2.24 bits per heavy atom. The number of hydrogen-bond acceptors (Lipinski definition) is 7. The number of thiocarbonyl (C=S) groups is 1. The summed E-state index contributed by atoms with van der Waals surface area (Å²) in [5, 5.41) is -0.0509. The van der Waals surface area contributed by atoms with Crippen molar-refractivity contribution < 1.29 is 23.8 Å². The molecule has 0 bridgehead atoms. The van der Waals surface area contributed by atoms with Crippen molar-refractivity contribution in [1.82, 2.24) is 0 Å². The van der Waals surface area contributed by atoms with Crippen molar-refractivity contribution in [2.45, 2.75) is 57.1 Å². The van der Waals surface area contributed by atoms with Crippen LogP contribution in [0, 0.1) is 5.92 Å². The van der Waals surface area contributed by atoms with Gasteiger partial charge in [-0.3, -0.25) is 9.59 Å². The predicted octanol–water partition coefficient (Wildman–Crippen LogP) is 4.66. The van der Waals surface area contributed by atoms with E-state index in [1.165, 1.54) is 31.2 Å². The van der Waals surface area contributed by atoms with Crippen LogP contribution in [0.4, 0.5) is 0 Å². The molecule has 0 N–H and O–H groups in total. The Hall–Kier alpha value is -1.60. The summed E-state index contributed by atoms with van der Waals surface area (Å²) in [4.78, 5) is 22.7. The van der Waals surface area contributed by atoms with Crippen LogP contribution in [0.2, 0.25) is 0 Å². The van der Waals surface area contributed by atoms with Gasteiger partial charge in [-0.1, -0.05) is 42.1 Å². The molecule has 0 radical (unpaired) electrons. The lowest BCUT2D eigenvalue weighted by atomic mass is 9.84. The lowest BCUT2D eigenvalue weighted by molar-refractivity contribution is -0.142. The summed E-state index contributed by atoms with van der Waals surface area (Å²) in [6.07, 6.45) is 3.90. The fraction of sp³-hybridized carbons (Fsp3) is 0.591. The van der Waals surface area contributed by atoms with Crippen LogP contribution in [-0.4, -0.2) is 41.4 Å². The van der Waals surface area contributed by atoms with Gasteiger partial charge in [0.05, 0.1) is 13.2 Å². The molecule has 5 nitrogen and oxygen atoms in total. The normalized spacial score (nSPS) is 16.4. The van der Waals surface area contributed by atoms with Crippen LogP contribution in [0.15, 0.2) is 30.3 Å². The standard InChI is InChI=1S/C22H30O5S2/c1-4-25-21(28)29-20(15-27-17(3)24)12-18(14-26-16(2)23)13-22(10-11-22)19-8-6-5-7-9-19/h5-9,18,20H,4,10-15H2,1-3H3. The van der Waals surface area contributed by atoms with Crippen molar-refractivity contribution in [2.24, 2.45) is 5.92 Å². The molecule has 1 fully saturated rings. The lowest BCUT2D eigenvalue weighted by Crippen LogP contribution is -2.26. The number of hydrogen-bond donors (Lipinski definition) is 0. The van der Waals surface area contributed by atoms with E-state index < -0.39 is 0 Å². The molecule has 1 aromatic rings. The van der Waals surface area contributed by atoms with Crippen LogP contribution in [0.5, 0.6) is 0 Å². The maximum Gasteiger partial charge on any atom is 0.302 e. The molecule has 2 atom stereocenters. The van der Waals surface area contributed by atoms with Gasteiger partial charge in [-0.25, -0.2) is 0 Å². The minimum absolute atomic E-state index is 0.0509. The highest BCUT2D eigenvalue weighted by Crippen LogP contribution is 2.53. The van der Waals surface area contributed by atoms with Gasteiger partial charge < -0.3 is 14.2 Å². The van der Waals surface area contributed by atoms with E-state index in [9.17, 15) is 9.59 Å². The molecule has 7 heteroatoms. The van der Waals surface area contributed by atoms with Crippen molar-refractivity contribution in [1.29, 1.82) is 0 Å². The fourth-order valence-electron chi connectivity index (χ4n) is 3.57. The van der Waals surface area contributed by atoms with E-state index in [2.05, 4.69) is 24.3 Å². The highest BCUT2D eigenvalue weighted by Gasteiger charge is 2.45. The third kappa shape index (κ3) is 8.34. The summed E-state index contributed by atoms with van der Waals surface area (Å²) in [5.74, 6) is -0.468. The monoisotopic (exact) mass is 438 g/mol. The number of benzene rings is 1. The number of ether oxygens (including phenoxy) is 3. The summed E-state index contributed by atoms with van der Waals surface area (Å²) < 4.78 is 16.5. The summed E-state index contributed by atoms with van der Waals surface area (Å²) in [6, 6.07) is 10.5. The van der Waals surface area contributed by atoms with Crippen LogP contribution in [0.3, 0.4) is 0 Å². The first-order valence-electron chi connectivity index (χ1n) is 10.0. The zero-order valence-corrected chi connectivity index (χ0v) is 19.0. The van der Waals surface area contributed by atoms with Crippen molar-refractivity contribution in [3.63, 3.8) is 0 Å². The molecule has 29 heavy (non-hydrogen) atoms. The average Bonchev–Trinajstić information content (AvgIpc) is 3.45. The largest absolute Gasteiger partial charge is 0.479 e. The number of carbonyl (C=O) groups excluding carboxylic acids is 2. The molecule has 1 aliphatic carbocycles. The highest BCUT2D eigenvalue weighted by atomic mass is 32.2. The van der Waals surface area contributed by atoms with Crippen molar-refractivity contribution in [2.75, 3.05) is 19.8 Å². The van der Waals surface area contributed by atoms with E-state index in [-0.39, 0.29) is 35.1 Å². The minimum atomic E-state index is -0.322. The first kappa shape index (κ1) is 23.7. The molecule has 1 aliphatic rings. The van der Waals surface area contributed by atoms with Crippen molar-refractivity contribution >= 4 is 40.3 Å². The zero-order chi connectivity index (χ0) is 21.3. The smallest absolute Gasteiger partial charge is 0.302 e. The average molecular weight is 439 g/mol. The first-order valence-corrected chi connectivity index (χ1v) is 11.3. The SMILES string of the molecule is CCOC(=S)SC(COC(C)=O)CC(COC(C)=O)CC1(c2ccccc2)CC1. The van der Waals surface area contributed by atoms with Gasteiger partial charge in [-0.15, -0.1) is 0 Å².